The first-order chi connectivity index (χ1) is 5.91. The van der Waals surface area contributed by atoms with E-state index in [-0.39, 0.29) is 6.10 Å². The highest BCUT2D eigenvalue weighted by atomic mass is 32.2. The SMILES string of the molecule is CC(C)C1CN(S(N)(=O)=O)CCO1. The van der Waals surface area contributed by atoms with Crippen LogP contribution in [0.4, 0.5) is 0 Å². The minimum absolute atomic E-state index is 0.0351. The van der Waals surface area contributed by atoms with Crippen molar-refractivity contribution in [3.8, 4) is 0 Å². The first-order valence-corrected chi connectivity index (χ1v) is 5.81. The molecule has 1 atom stereocenters. The van der Waals surface area contributed by atoms with Crippen LogP contribution in [0.1, 0.15) is 13.8 Å². The van der Waals surface area contributed by atoms with E-state index in [1.807, 2.05) is 13.8 Å². The first kappa shape index (κ1) is 10.9. The highest BCUT2D eigenvalue weighted by Gasteiger charge is 2.28. The van der Waals surface area contributed by atoms with Gasteiger partial charge in [-0.2, -0.15) is 12.7 Å². The van der Waals surface area contributed by atoms with E-state index in [0.29, 0.717) is 25.6 Å². The summed E-state index contributed by atoms with van der Waals surface area (Å²) < 4.78 is 28.7. The molecule has 1 aliphatic heterocycles. The number of nitrogens with zero attached hydrogens (tertiary/aromatic N) is 1. The Balaban J connectivity index is 2.62. The van der Waals surface area contributed by atoms with Crippen molar-refractivity contribution >= 4 is 10.2 Å². The van der Waals surface area contributed by atoms with E-state index in [9.17, 15) is 8.42 Å². The number of ether oxygens (including phenoxy) is 1. The molecule has 0 aromatic rings. The zero-order valence-electron chi connectivity index (χ0n) is 7.93. The smallest absolute Gasteiger partial charge is 0.277 e. The van der Waals surface area contributed by atoms with E-state index in [1.165, 1.54) is 4.31 Å². The van der Waals surface area contributed by atoms with Gasteiger partial charge in [0.1, 0.15) is 0 Å². The Hall–Kier alpha value is -0.170. The lowest BCUT2D eigenvalue weighted by molar-refractivity contribution is -0.0263. The van der Waals surface area contributed by atoms with Crippen LogP contribution in [0.5, 0.6) is 0 Å². The Kier molecular flexibility index (Phi) is 3.28. The molecule has 0 spiro atoms. The van der Waals surface area contributed by atoms with Crippen molar-refractivity contribution in [2.45, 2.75) is 20.0 Å². The van der Waals surface area contributed by atoms with Gasteiger partial charge in [-0.3, -0.25) is 0 Å². The van der Waals surface area contributed by atoms with Crippen molar-refractivity contribution in [2.75, 3.05) is 19.7 Å². The van der Waals surface area contributed by atoms with Crippen molar-refractivity contribution in [2.24, 2.45) is 11.1 Å². The van der Waals surface area contributed by atoms with Crippen molar-refractivity contribution in [3.63, 3.8) is 0 Å². The molecule has 1 aliphatic rings. The van der Waals surface area contributed by atoms with E-state index in [1.54, 1.807) is 0 Å². The third kappa shape index (κ3) is 2.91. The quantitative estimate of drug-likeness (QED) is 0.668. The van der Waals surface area contributed by atoms with Gasteiger partial charge in [-0.05, 0) is 5.92 Å². The second-order valence-corrected chi connectivity index (χ2v) is 5.10. The van der Waals surface area contributed by atoms with Crippen LogP contribution in [0.3, 0.4) is 0 Å². The largest absolute Gasteiger partial charge is 0.375 e. The lowest BCUT2D eigenvalue weighted by Crippen LogP contribution is -2.49. The summed E-state index contributed by atoms with van der Waals surface area (Å²) in [6.07, 6.45) is -0.0351. The van der Waals surface area contributed by atoms with E-state index >= 15 is 0 Å². The molecule has 78 valence electrons. The molecule has 13 heavy (non-hydrogen) atoms. The maximum atomic E-state index is 11.0. The van der Waals surface area contributed by atoms with Crippen LogP contribution in [-0.2, 0) is 14.9 Å². The predicted molar refractivity (Wildman–Crippen MR) is 49.3 cm³/mol. The Labute approximate surface area is 79.0 Å². The third-order valence-electron chi connectivity index (χ3n) is 2.16. The fraction of sp³-hybridized carbons (Fsp3) is 1.00. The number of morpholine rings is 1. The molecule has 0 saturated carbocycles. The van der Waals surface area contributed by atoms with Crippen LogP contribution in [0.25, 0.3) is 0 Å². The number of hydrogen-bond donors (Lipinski definition) is 1. The zero-order valence-corrected chi connectivity index (χ0v) is 8.75. The van der Waals surface area contributed by atoms with Gasteiger partial charge in [0.25, 0.3) is 10.2 Å². The lowest BCUT2D eigenvalue weighted by Gasteiger charge is -2.32. The van der Waals surface area contributed by atoms with E-state index in [4.69, 9.17) is 9.88 Å². The Morgan fingerprint density at radius 1 is 1.54 bits per heavy atom. The average molecular weight is 208 g/mol. The van der Waals surface area contributed by atoms with Crippen LogP contribution >= 0.6 is 0 Å². The van der Waals surface area contributed by atoms with Crippen molar-refractivity contribution < 1.29 is 13.2 Å². The van der Waals surface area contributed by atoms with Crippen LogP contribution < -0.4 is 5.14 Å². The minimum atomic E-state index is -3.54. The van der Waals surface area contributed by atoms with Crippen molar-refractivity contribution in [1.82, 2.24) is 4.31 Å². The fourth-order valence-electron chi connectivity index (χ4n) is 1.28. The summed E-state index contributed by atoms with van der Waals surface area (Å²) in [6, 6.07) is 0. The van der Waals surface area contributed by atoms with Gasteiger partial charge in [0, 0.05) is 13.1 Å². The standard InChI is InChI=1S/C7H16N2O3S/c1-6(2)7-5-9(3-4-12-7)13(8,10)11/h6-7H,3-5H2,1-2H3,(H2,8,10,11). The monoisotopic (exact) mass is 208 g/mol. The van der Waals surface area contributed by atoms with Crippen LogP contribution in [-0.4, -0.2) is 38.5 Å². The number of rotatable bonds is 2. The Morgan fingerprint density at radius 2 is 2.15 bits per heavy atom. The summed E-state index contributed by atoms with van der Waals surface area (Å²) in [5, 5.41) is 5.02. The van der Waals surface area contributed by atoms with Crippen molar-refractivity contribution in [3.05, 3.63) is 0 Å². The maximum absolute atomic E-state index is 11.0. The molecule has 5 nitrogen and oxygen atoms in total. The van der Waals surface area contributed by atoms with E-state index in [2.05, 4.69) is 0 Å². The molecule has 1 rings (SSSR count). The van der Waals surface area contributed by atoms with Crippen LogP contribution in [0.15, 0.2) is 0 Å². The molecule has 0 aliphatic carbocycles. The van der Waals surface area contributed by atoms with Gasteiger partial charge in [-0.1, -0.05) is 13.8 Å². The van der Waals surface area contributed by atoms with Gasteiger partial charge in [0.2, 0.25) is 0 Å². The summed E-state index contributed by atoms with van der Waals surface area (Å²) in [5.41, 5.74) is 0. The molecule has 1 saturated heterocycles. The number of nitrogens with two attached hydrogens (primary N) is 1. The molecule has 1 heterocycles. The Morgan fingerprint density at radius 3 is 2.62 bits per heavy atom. The molecule has 0 amide bonds. The zero-order chi connectivity index (χ0) is 10.1. The molecule has 0 bridgehead atoms. The maximum Gasteiger partial charge on any atom is 0.277 e. The highest BCUT2D eigenvalue weighted by molar-refractivity contribution is 7.86. The third-order valence-corrected chi connectivity index (χ3v) is 3.21. The lowest BCUT2D eigenvalue weighted by atomic mass is 10.1. The molecular weight excluding hydrogens is 192 g/mol. The predicted octanol–water partition coefficient (Wildman–Crippen LogP) is -0.453. The molecule has 6 heteroatoms. The Bertz CT molecular complexity index is 263. The van der Waals surface area contributed by atoms with Gasteiger partial charge in [0.05, 0.1) is 12.7 Å². The van der Waals surface area contributed by atoms with Gasteiger partial charge in [-0.25, -0.2) is 5.14 Å². The molecular formula is C7H16N2O3S. The normalized spacial score (nSPS) is 26.6. The molecule has 0 radical (unpaired) electrons. The van der Waals surface area contributed by atoms with Gasteiger partial charge >= 0.3 is 0 Å². The van der Waals surface area contributed by atoms with Gasteiger partial charge in [0.15, 0.2) is 0 Å². The fourth-order valence-corrected chi connectivity index (χ4v) is 1.97. The summed E-state index contributed by atoms with van der Waals surface area (Å²) in [7, 11) is -3.54. The minimum Gasteiger partial charge on any atom is -0.375 e. The summed E-state index contributed by atoms with van der Waals surface area (Å²) in [6.45, 7) is 5.16. The summed E-state index contributed by atoms with van der Waals surface area (Å²) in [4.78, 5) is 0. The van der Waals surface area contributed by atoms with Crippen LogP contribution in [0.2, 0.25) is 0 Å². The molecule has 0 aromatic heterocycles. The van der Waals surface area contributed by atoms with E-state index in [0.717, 1.165) is 0 Å². The molecule has 0 aromatic carbocycles. The highest BCUT2D eigenvalue weighted by Crippen LogP contribution is 2.14. The van der Waals surface area contributed by atoms with Crippen LogP contribution in [0, 0.1) is 5.92 Å². The second kappa shape index (κ2) is 3.91. The van der Waals surface area contributed by atoms with Gasteiger partial charge < -0.3 is 4.74 Å². The summed E-state index contributed by atoms with van der Waals surface area (Å²) in [5.74, 6) is 0.310. The topological polar surface area (TPSA) is 72.6 Å². The molecule has 1 fully saturated rings. The first-order valence-electron chi connectivity index (χ1n) is 4.30. The van der Waals surface area contributed by atoms with E-state index < -0.39 is 10.2 Å². The molecule has 2 N–H and O–H groups in total. The summed E-state index contributed by atoms with van der Waals surface area (Å²) >= 11 is 0. The van der Waals surface area contributed by atoms with Gasteiger partial charge in [-0.15, -0.1) is 0 Å². The second-order valence-electron chi connectivity index (χ2n) is 3.56. The number of hydrogen-bond acceptors (Lipinski definition) is 3. The van der Waals surface area contributed by atoms with Crippen molar-refractivity contribution in [1.29, 1.82) is 0 Å². The average Bonchev–Trinajstić information content (AvgIpc) is 2.03. The molecule has 1 unspecified atom stereocenters.